The number of piperidine rings is 1. The molecule has 7 heteroatoms. The molecular weight excluding hydrogens is 294 g/mol. The third-order valence-corrected chi connectivity index (χ3v) is 6.63. The van der Waals surface area contributed by atoms with Gasteiger partial charge in [-0.25, -0.2) is 8.42 Å². The van der Waals surface area contributed by atoms with E-state index in [1.165, 1.54) is 4.90 Å². The van der Waals surface area contributed by atoms with Crippen molar-refractivity contribution in [1.29, 1.82) is 0 Å². The zero-order valence-electron chi connectivity index (χ0n) is 12.3. The molecule has 1 saturated carbocycles. The van der Waals surface area contributed by atoms with Crippen LogP contribution in [0.15, 0.2) is 0 Å². The number of carboxylic acid groups (broad SMARTS) is 1. The largest absolute Gasteiger partial charge is 0.481 e. The van der Waals surface area contributed by atoms with Crippen molar-refractivity contribution in [1.82, 2.24) is 4.90 Å². The molecule has 2 unspecified atom stereocenters. The number of carboxylic acids is 1. The number of amides is 1. The van der Waals surface area contributed by atoms with Gasteiger partial charge < -0.3 is 10.0 Å². The molecule has 0 radical (unpaired) electrons. The van der Waals surface area contributed by atoms with Gasteiger partial charge in [-0.15, -0.1) is 0 Å². The van der Waals surface area contributed by atoms with Gasteiger partial charge in [-0.2, -0.15) is 0 Å². The summed E-state index contributed by atoms with van der Waals surface area (Å²) in [5, 5.41) is 8.71. The summed E-state index contributed by atoms with van der Waals surface area (Å²) in [6.07, 6.45) is 3.63. The third kappa shape index (κ3) is 3.96. The van der Waals surface area contributed by atoms with Gasteiger partial charge in [0.2, 0.25) is 5.91 Å². The van der Waals surface area contributed by atoms with Crippen LogP contribution in [0.2, 0.25) is 0 Å². The summed E-state index contributed by atoms with van der Waals surface area (Å²) in [5.41, 5.74) is 0. The first-order chi connectivity index (χ1) is 9.79. The second kappa shape index (κ2) is 6.34. The molecule has 2 rings (SSSR count). The van der Waals surface area contributed by atoms with E-state index >= 15 is 0 Å². The minimum absolute atomic E-state index is 0.0815. The summed E-state index contributed by atoms with van der Waals surface area (Å²) < 4.78 is 24.4. The van der Waals surface area contributed by atoms with Gasteiger partial charge in [-0.05, 0) is 25.2 Å². The molecule has 0 aromatic carbocycles. The molecule has 0 aromatic heterocycles. The fourth-order valence-electron chi connectivity index (χ4n) is 3.36. The molecule has 120 valence electrons. The van der Waals surface area contributed by atoms with Gasteiger partial charge in [0.05, 0.1) is 11.2 Å². The molecule has 2 atom stereocenters. The second-order valence-electron chi connectivity index (χ2n) is 6.39. The zero-order valence-corrected chi connectivity index (χ0v) is 13.1. The molecule has 1 amide bonds. The maximum absolute atomic E-state index is 12.2. The first kappa shape index (κ1) is 16.3. The van der Waals surface area contributed by atoms with Crippen LogP contribution in [0.4, 0.5) is 0 Å². The van der Waals surface area contributed by atoms with E-state index in [-0.39, 0.29) is 17.7 Å². The van der Waals surface area contributed by atoms with Crippen LogP contribution in [0.1, 0.15) is 39.0 Å². The number of rotatable bonds is 4. The van der Waals surface area contributed by atoms with Gasteiger partial charge in [0.1, 0.15) is 5.75 Å². The fraction of sp³-hybridized carbons (Fsp3) is 0.857. The van der Waals surface area contributed by atoms with Gasteiger partial charge in [0.15, 0.2) is 9.84 Å². The van der Waals surface area contributed by atoms with Crippen LogP contribution in [0, 0.1) is 11.8 Å². The summed E-state index contributed by atoms with van der Waals surface area (Å²) >= 11 is 0. The van der Waals surface area contributed by atoms with Crippen LogP contribution in [-0.2, 0) is 19.4 Å². The van der Waals surface area contributed by atoms with E-state index in [9.17, 15) is 18.0 Å². The molecule has 2 aliphatic rings. The summed E-state index contributed by atoms with van der Waals surface area (Å²) in [7, 11) is -3.40. The molecule has 2 fully saturated rings. The van der Waals surface area contributed by atoms with E-state index in [0.29, 0.717) is 25.8 Å². The molecule has 1 N–H and O–H groups in total. The van der Waals surface area contributed by atoms with E-state index in [1.54, 1.807) is 0 Å². The minimum Gasteiger partial charge on any atom is -0.481 e. The Bertz CT molecular complexity index is 509. The van der Waals surface area contributed by atoms with Crippen LogP contribution >= 0.6 is 0 Å². The maximum Gasteiger partial charge on any atom is 0.308 e. The van der Waals surface area contributed by atoms with Crippen molar-refractivity contribution >= 4 is 21.7 Å². The summed E-state index contributed by atoms with van der Waals surface area (Å²) in [4.78, 5) is 24.8. The number of hydrogen-bond acceptors (Lipinski definition) is 4. The first-order valence-corrected chi connectivity index (χ1v) is 9.23. The van der Waals surface area contributed by atoms with Crippen LogP contribution in [0.5, 0.6) is 0 Å². The molecule has 0 aromatic rings. The van der Waals surface area contributed by atoms with Gasteiger partial charge in [-0.3, -0.25) is 9.59 Å². The molecule has 21 heavy (non-hydrogen) atoms. The Morgan fingerprint density at radius 1 is 1.19 bits per heavy atom. The standard InChI is InChI=1S/C14H23NO5S/c1-10-6-11(14(17)18)8-15(7-10)13(16)9-21(19,20)12-4-2-3-5-12/h10-12H,2-9H2,1H3,(H,17,18). The molecular formula is C14H23NO5S. The van der Waals surface area contributed by atoms with Crippen molar-refractivity contribution < 1.29 is 23.1 Å². The minimum atomic E-state index is -3.40. The average molecular weight is 317 g/mol. The number of carbonyl (C=O) groups is 2. The van der Waals surface area contributed by atoms with E-state index in [4.69, 9.17) is 5.11 Å². The van der Waals surface area contributed by atoms with Crippen molar-refractivity contribution in [2.24, 2.45) is 11.8 Å². The molecule has 0 spiro atoms. The Balaban J connectivity index is 2.00. The number of likely N-dealkylation sites (tertiary alicyclic amines) is 1. The number of hydrogen-bond donors (Lipinski definition) is 1. The van der Waals surface area contributed by atoms with Crippen molar-refractivity contribution in [3.8, 4) is 0 Å². The second-order valence-corrected chi connectivity index (χ2v) is 8.67. The summed E-state index contributed by atoms with van der Waals surface area (Å²) in [6.45, 7) is 2.46. The van der Waals surface area contributed by atoms with Crippen LogP contribution in [-0.4, -0.2) is 54.4 Å². The quantitative estimate of drug-likeness (QED) is 0.832. The van der Waals surface area contributed by atoms with Gasteiger partial charge >= 0.3 is 5.97 Å². The normalized spacial score (nSPS) is 27.8. The lowest BCUT2D eigenvalue weighted by atomic mass is 9.90. The number of nitrogens with zero attached hydrogens (tertiary/aromatic N) is 1. The predicted octanol–water partition coefficient (Wildman–Crippen LogP) is 0.913. The number of aliphatic carboxylic acids is 1. The Morgan fingerprint density at radius 3 is 2.38 bits per heavy atom. The summed E-state index contributed by atoms with van der Waals surface area (Å²) in [5.74, 6) is -2.35. The fourth-order valence-corrected chi connectivity index (χ4v) is 5.18. The number of carbonyl (C=O) groups excluding carboxylic acids is 1. The van der Waals surface area contributed by atoms with E-state index in [2.05, 4.69) is 0 Å². The van der Waals surface area contributed by atoms with E-state index in [0.717, 1.165) is 12.8 Å². The highest BCUT2D eigenvalue weighted by Crippen LogP contribution is 2.26. The molecule has 1 aliphatic carbocycles. The van der Waals surface area contributed by atoms with E-state index < -0.39 is 33.4 Å². The van der Waals surface area contributed by atoms with Crippen molar-refractivity contribution in [3.63, 3.8) is 0 Å². The molecule has 1 saturated heterocycles. The Morgan fingerprint density at radius 2 is 1.81 bits per heavy atom. The zero-order chi connectivity index (χ0) is 15.6. The van der Waals surface area contributed by atoms with Crippen molar-refractivity contribution in [2.75, 3.05) is 18.8 Å². The topological polar surface area (TPSA) is 91.8 Å². The SMILES string of the molecule is CC1CC(C(=O)O)CN(C(=O)CS(=O)(=O)C2CCCC2)C1. The molecule has 1 aliphatic heterocycles. The highest BCUT2D eigenvalue weighted by Gasteiger charge is 2.36. The Labute approximate surface area is 125 Å². The highest BCUT2D eigenvalue weighted by atomic mass is 32.2. The van der Waals surface area contributed by atoms with Gasteiger partial charge in [0, 0.05) is 13.1 Å². The lowest BCUT2D eigenvalue weighted by molar-refractivity contribution is -0.146. The van der Waals surface area contributed by atoms with Gasteiger partial charge in [-0.1, -0.05) is 19.8 Å². The van der Waals surface area contributed by atoms with Crippen LogP contribution in [0.25, 0.3) is 0 Å². The van der Waals surface area contributed by atoms with E-state index in [1.807, 2.05) is 6.92 Å². The Hall–Kier alpha value is -1.11. The lowest BCUT2D eigenvalue weighted by Gasteiger charge is -2.34. The monoisotopic (exact) mass is 317 g/mol. The van der Waals surface area contributed by atoms with Crippen molar-refractivity contribution in [3.05, 3.63) is 0 Å². The molecule has 1 heterocycles. The predicted molar refractivity (Wildman–Crippen MR) is 77.5 cm³/mol. The Kier molecular flexibility index (Phi) is 4.91. The van der Waals surface area contributed by atoms with Crippen molar-refractivity contribution in [2.45, 2.75) is 44.3 Å². The molecule has 0 bridgehead atoms. The number of sulfone groups is 1. The van der Waals surface area contributed by atoms with Crippen LogP contribution in [0.3, 0.4) is 0 Å². The smallest absolute Gasteiger partial charge is 0.308 e. The lowest BCUT2D eigenvalue weighted by Crippen LogP contribution is -2.48. The van der Waals surface area contributed by atoms with Crippen LogP contribution < -0.4 is 0 Å². The first-order valence-electron chi connectivity index (χ1n) is 7.51. The van der Waals surface area contributed by atoms with Gasteiger partial charge in [0.25, 0.3) is 0 Å². The molecule has 6 nitrogen and oxygen atoms in total. The maximum atomic E-state index is 12.2. The summed E-state index contributed by atoms with van der Waals surface area (Å²) in [6, 6.07) is 0. The highest BCUT2D eigenvalue weighted by molar-refractivity contribution is 7.92. The average Bonchev–Trinajstić information content (AvgIpc) is 2.92. The third-order valence-electron chi connectivity index (χ3n) is 4.50.